The van der Waals surface area contributed by atoms with Crippen molar-refractivity contribution in [1.29, 1.82) is 0 Å². The summed E-state index contributed by atoms with van der Waals surface area (Å²) >= 11 is 3.22. The van der Waals surface area contributed by atoms with Gasteiger partial charge in [0.2, 0.25) is 0 Å². The Balaban J connectivity index is 3.01. The lowest BCUT2D eigenvalue weighted by Gasteiger charge is -2.04. The van der Waals surface area contributed by atoms with Crippen LogP contribution >= 0.6 is 15.9 Å². The molecule has 3 nitrogen and oxygen atoms in total. The molecule has 0 radical (unpaired) electrons. The van der Waals surface area contributed by atoms with Crippen molar-refractivity contribution >= 4 is 28.2 Å². The van der Waals surface area contributed by atoms with Crippen molar-refractivity contribution in [3.63, 3.8) is 0 Å². The average molecular weight is 257 g/mol. The highest BCUT2D eigenvalue weighted by molar-refractivity contribution is 9.10. The molecule has 0 fully saturated rings. The summed E-state index contributed by atoms with van der Waals surface area (Å²) < 4.78 is 0.564. The Labute approximate surface area is 89.9 Å². The number of hydrogen-bond acceptors (Lipinski definition) is 2. The largest absolute Gasteiger partial charge is 0.478 e. The van der Waals surface area contributed by atoms with E-state index in [-0.39, 0.29) is 5.56 Å². The second kappa shape index (κ2) is 4.91. The van der Waals surface area contributed by atoms with Gasteiger partial charge in [0, 0.05) is 10.9 Å². The van der Waals surface area contributed by atoms with Gasteiger partial charge in [0.05, 0.1) is 5.56 Å². The first kappa shape index (κ1) is 10.9. The molecule has 0 atom stereocenters. The minimum absolute atomic E-state index is 0.230. The van der Waals surface area contributed by atoms with E-state index in [2.05, 4.69) is 15.9 Å². The minimum Gasteiger partial charge on any atom is -0.478 e. The Morgan fingerprint density at radius 2 is 2.21 bits per heavy atom. The van der Waals surface area contributed by atoms with Crippen LogP contribution in [0, 0.1) is 0 Å². The standard InChI is InChI=1S/C10H9BrO3/c11-9-7(4-2-6-12)3-1-5-8(9)10(13)14/h1,3,5-6H,2,4H2,(H,13,14). The molecule has 14 heavy (non-hydrogen) atoms. The molecule has 0 aliphatic carbocycles. The van der Waals surface area contributed by atoms with E-state index in [0.717, 1.165) is 11.8 Å². The van der Waals surface area contributed by atoms with E-state index in [1.54, 1.807) is 12.1 Å². The molecule has 74 valence electrons. The number of carboxylic acid groups (broad SMARTS) is 1. The molecule has 0 aliphatic heterocycles. The highest BCUT2D eigenvalue weighted by atomic mass is 79.9. The number of carboxylic acids is 1. The second-order valence-corrected chi connectivity index (χ2v) is 3.58. The van der Waals surface area contributed by atoms with Gasteiger partial charge in [0.1, 0.15) is 6.29 Å². The van der Waals surface area contributed by atoms with E-state index in [4.69, 9.17) is 5.11 Å². The number of aldehydes is 1. The number of halogens is 1. The third-order valence-corrected chi connectivity index (χ3v) is 2.78. The number of benzene rings is 1. The molecule has 1 aromatic rings. The van der Waals surface area contributed by atoms with Crippen molar-refractivity contribution in [2.75, 3.05) is 0 Å². The van der Waals surface area contributed by atoms with Crippen LogP contribution < -0.4 is 0 Å². The molecular formula is C10H9BrO3. The summed E-state index contributed by atoms with van der Waals surface area (Å²) in [6, 6.07) is 5.01. The topological polar surface area (TPSA) is 54.4 Å². The first-order valence-corrected chi connectivity index (χ1v) is 4.90. The van der Waals surface area contributed by atoms with E-state index in [0.29, 0.717) is 17.3 Å². The van der Waals surface area contributed by atoms with E-state index in [9.17, 15) is 9.59 Å². The fraction of sp³-hybridized carbons (Fsp3) is 0.200. The Kier molecular flexibility index (Phi) is 3.83. The van der Waals surface area contributed by atoms with Crippen molar-refractivity contribution in [2.45, 2.75) is 12.8 Å². The summed E-state index contributed by atoms with van der Waals surface area (Å²) in [7, 11) is 0. The molecule has 0 heterocycles. The predicted octanol–water partition coefficient (Wildman–Crippen LogP) is 2.28. The zero-order chi connectivity index (χ0) is 10.6. The molecule has 0 saturated carbocycles. The lowest BCUT2D eigenvalue weighted by atomic mass is 10.1. The zero-order valence-corrected chi connectivity index (χ0v) is 8.95. The van der Waals surface area contributed by atoms with E-state index in [1.807, 2.05) is 0 Å². The Morgan fingerprint density at radius 1 is 1.50 bits per heavy atom. The summed E-state index contributed by atoms with van der Waals surface area (Å²) in [4.78, 5) is 20.9. The summed E-state index contributed by atoms with van der Waals surface area (Å²) in [5.74, 6) is -0.968. The number of aryl methyl sites for hydroxylation is 1. The maximum absolute atomic E-state index is 10.7. The summed E-state index contributed by atoms with van der Waals surface area (Å²) in [5, 5.41) is 8.82. The molecule has 0 spiro atoms. The van der Waals surface area contributed by atoms with Crippen LogP contribution in [0.1, 0.15) is 22.3 Å². The zero-order valence-electron chi connectivity index (χ0n) is 7.37. The summed E-state index contributed by atoms with van der Waals surface area (Å²) in [6.07, 6.45) is 1.78. The van der Waals surface area contributed by atoms with Crippen LogP contribution in [0.3, 0.4) is 0 Å². The Morgan fingerprint density at radius 3 is 2.79 bits per heavy atom. The van der Waals surface area contributed by atoms with Crippen molar-refractivity contribution in [3.05, 3.63) is 33.8 Å². The normalized spacial score (nSPS) is 9.79. The van der Waals surface area contributed by atoms with Gasteiger partial charge in [-0.15, -0.1) is 0 Å². The van der Waals surface area contributed by atoms with Gasteiger partial charge >= 0.3 is 5.97 Å². The molecule has 1 aromatic carbocycles. The van der Waals surface area contributed by atoms with Gasteiger partial charge in [-0.3, -0.25) is 0 Å². The maximum atomic E-state index is 10.7. The quantitative estimate of drug-likeness (QED) is 0.842. The van der Waals surface area contributed by atoms with E-state index in [1.165, 1.54) is 6.07 Å². The smallest absolute Gasteiger partial charge is 0.336 e. The first-order valence-electron chi connectivity index (χ1n) is 4.11. The fourth-order valence-corrected chi connectivity index (χ4v) is 1.78. The van der Waals surface area contributed by atoms with Crippen LogP contribution in [-0.2, 0) is 11.2 Å². The van der Waals surface area contributed by atoms with Crippen LogP contribution in [0.2, 0.25) is 0 Å². The summed E-state index contributed by atoms with van der Waals surface area (Å²) in [5.41, 5.74) is 1.07. The highest BCUT2D eigenvalue weighted by Crippen LogP contribution is 2.22. The number of carbonyl (C=O) groups excluding carboxylic acids is 1. The number of rotatable bonds is 4. The number of aromatic carboxylic acids is 1. The Bertz CT molecular complexity index is 360. The molecule has 0 aromatic heterocycles. The van der Waals surface area contributed by atoms with Gasteiger partial charge in [-0.05, 0) is 34.0 Å². The van der Waals surface area contributed by atoms with Crippen molar-refractivity contribution in [2.24, 2.45) is 0 Å². The third kappa shape index (κ3) is 2.42. The molecular weight excluding hydrogens is 248 g/mol. The first-order chi connectivity index (χ1) is 6.66. The van der Waals surface area contributed by atoms with Gasteiger partial charge in [0.15, 0.2) is 0 Å². The van der Waals surface area contributed by atoms with Gasteiger partial charge in [-0.1, -0.05) is 12.1 Å². The van der Waals surface area contributed by atoms with Crippen LogP contribution in [0.5, 0.6) is 0 Å². The van der Waals surface area contributed by atoms with Crippen LogP contribution in [0.4, 0.5) is 0 Å². The molecule has 1 N–H and O–H groups in total. The van der Waals surface area contributed by atoms with Gasteiger partial charge in [-0.25, -0.2) is 4.79 Å². The van der Waals surface area contributed by atoms with Crippen LogP contribution in [-0.4, -0.2) is 17.4 Å². The average Bonchev–Trinajstić information content (AvgIpc) is 2.16. The lowest BCUT2D eigenvalue weighted by molar-refractivity contribution is -0.107. The lowest BCUT2D eigenvalue weighted by Crippen LogP contribution is -2.00. The molecule has 0 bridgehead atoms. The fourth-order valence-electron chi connectivity index (χ4n) is 1.15. The van der Waals surface area contributed by atoms with E-state index < -0.39 is 5.97 Å². The predicted molar refractivity (Wildman–Crippen MR) is 55.5 cm³/mol. The van der Waals surface area contributed by atoms with Crippen LogP contribution in [0.25, 0.3) is 0 Å². The highest BCUT2D eigenvalue weighted by Gasteiger charge is 2.10. The van der Waals surface area contributed by atoms with Crippen LogP contribution in [0.15, 0.2) is 22.7 Å². The van der Waals surface area contributed by atoms with Gasteiger partial charge < -0.3 is 9.90 Å². The second-order valence-electron chi connectivity index (χ2n) is 2.79. The van der Waals surface area contributed by atoms with Gasteiger partial charge in [0.25, 0.3) is 0 Å². The van der Waals surface area contributed by atoms with Crippen molar-refractivity contribution < 1.29 is 14.7 Å². The van der Waals surface area contributed by atoms with E-state index >= 15 is 0 Å². The molecule has 0 saturated heterocycles. The van der Waals surface area contributed by atoms with Crippen molar-refractivity contribution in [1.82, 2.24) is 0 Å². The minimum atomic E-state index is -0.968. The molecule has 0 unspecified atom stereocenters. The number of hydrogen-bond donors (Lipinski definition) is 1. The van der Waals surface area contributed by atoms with Crippen molar-refractivity contribution in [3.8, 4) is 0 Å². The molecule has 0 amide bonds. The monoisotopic (exact) mass is 256 g/mol. The molecule has 4 heteroatoms. The Hall–Kier alpha value is -1.16. The SMILES string of the molecule is O=CCCc1cccc(C(=O)O)c1Br. The van der Waals surface area contributed by atoms with Gasteiger partial charge in [-0.2, -0.15) is 0 Å². The molecule has 1 rings (SSSR count). The summed E-state index contributed by atoms with van der Waals surface area (Å²) in [6.45, 7) is 0. The maximum Gasteiger partial charge on any atom is 0.336 e. The number of carbonyl (C=O) groups is 2. The third-order valence-electron chi connectivity index (χ3n) is 1.84. The molecule has 0 aliphatic rings.